The van der Waals surface area contributed by atoms with Crippen LogP contribution in [0, 0.1) is 0 Å². The molecule has 18 heavy (non-hydrogen) atoms. The number of ether oxygens (including phenoxy) is 1. The van der Waals surface area contributed by atoms with Crippen molar-refractivity contribution in [1.82, 2.24) is 5.32 Å². The van der Waals surface area contributed by atoms with Crippen molar-refractivity contribution in [2.75, 3.05) is 13.1 Å². The number of fused-ring (bicyclic) bond motifs is 1. The van der Waals surface area contributed by atoms with E-state index in [1.54, 1.807) is 0 Å². The molecule has 3 heteroatoms. The van der Waals surface area contributed by atoms with Crippen molar-refractivity contribution in [2.24, 2.45) is 0 Å². The summed E-state index contributed by atoms with van der Waals surface area (Å²) in [5.41, 5.74) is 0. The fraction of sp³-hybridized carbons (Fsp3) is 0.333. The summed E-state index contributed by atoms with van der Waals surface area (Å²) in [7, 11) is 0. The first-order valence-electron chi connectivity index (χ1n) is 6.39. The maximum Gasteiger partial charge on any atom is 0.127 e. The minimum Gasteiger partial charge on any atom is -0.488 e. The Hall–Kier alpha value is -1.25. The first-order valence-corrected chi connectivity index (χ1v) is 6.77. The van der Waals surface area contributed by atoms with Crippen LogP contribution in [0.15, 0.2) is 36.4 Å². The summed E-state index contributed by atoms with van der Waals surface area (Å²) in [5, 5.41) is 6.29. The van der Waals surface area contributed by atoms with Gasteiger partial charge >= 0.3 is 0 Å². The molecular weight excluding hydrogens is 246 g/mol. The lowest BCUT2D eigenvalue weighted by molar-refractivity contribution is 0.169. The molecule has 1 aliphatic rings. The lowest BCUT2D eigenvalue weighted by Gasteiger charge is -2.24. The van der Waals surface area contributed by atoms with Crippen LogP contribution in [0.3, 0.4) is 0 Å². The van der Waals surface area contributed by atoms with Crippen LogP contribution in [0.1, 0.15) is 12.8 Å². The number of benzene rings is 2. The molecule has 0 radical (unpaired) electrons. The topological polar surface area (TPSA) is 21.3 Å². The van der Waals surface area contributed by atoms with E-state index in [1.807, 2.05) is 30.3 Å². The van der Waals surface area contributed by atoms with Crippen molar-refractivity contribution in [2.45, 2.75) is 18.9 Å². The predicted octanol–water partition coefficient (Wildman–Crippen LogP) is 3.62. The molecule has 2 aromatic carbocycles. The van der Waals surface area contributed by atoms with E-state index in [0.717, 1.165) is 41.1 Å². The minimum atomic E-state index is 0.267. The Bertz CT molecular complexity index is 549. The largest absolute Gasteiger partial charge is 0.488 e. The van der Waals surface area contributed by atoms with Crippen LogP contribution in [0.5, 0.6) is 5.75 Å². The van der Waals surface area contributed by atoms with Gasteiger partial charge in [0.25, 0.3) is 0 Å². The summed E-state index contributed by atoms with van der Waals surface area (Å²) in [6, 6.07) is 12.0. The molecule has 2 nitrogen and oxygen atoms in total. The van der Waals surface area contributed by atoms with E-state index in [1.165, 1.54) is 6.42 Å². The molecule has 94 valence electrons. The fourth-order valence-corrected chi connectivity index (χ4v) is 2.67. The average Bonchev–Trinajstić information content (AvgIpc) is 2.44. The maximum atomic E-state index is 6.20. The van der Waals surface area contributed by atoms with Crippen molar-refractivity contribution < 1.29 is 4.74 Å². The quantitative estimate of drug-likeness (QED) is 0.892. The van der Waals surface area contributed by atoms with Gasteiger partial charge in [0.1, 0.15) is 11.9 Å². The van der Waals surface area contributed by atoms with Crippen molar-refractivity contribution in [3.05, 3.63) is 41.4 Å². The van der Waals surface area contributed by atoms with E-state index in [0.29, 0.717) is 0 Å². The van der Waals surface area contributed by atoms with Crippen molar-refractivity contribution in [1.29, 1.82) is 0 Å². The average molecular weight is 262 g/mol. The normalized spacial score (nSPS) is 19.9. The molecule has 0 amide bonds. The van der Waals surface area contributed by atoms with Gasteiger partial charge in [-0.05, 0) is 31.5 Å². The molecule has 1 heterocycles. The third kappa shape index (κ3) is 2.31. The van der Waals surface area contributed by atoms with Crippen LogP contribution in [0.4, 0.5) is 0 Å². The second-order valence-electron chi connectivity index (χ2n) is 4.68. The zero-order valence-corrected chi connectivity index (χ0v) is 10.9. The Morgan fingerprint density at radius 2 is 1.94 bits per heavy atom. The summed E-state index contributed by atoms with van der Waals surface area (Å²) >= 11 is 6.20. The molecule has 3 rings (SSSR count). The Morgan fingerprint density at radius 3 is 2.72 bits per heavy atom. The van der Waals surface area contributed by atoms with E-state index >= 15 is 0 Å². The summed E-state index contributed by atoms with van der Waals surface area (Å²) in [6.07, 6.45) is 2.56. The highest BCUT2D eigenvalue weighted by Crippen LogP contribution is 2.32. The van der Waals surface area contributed by atoms with E-state index in [2.05, 4.69) is 11.4 Å². The molecule has 0 bridgehead atoms. The molecule has 0 saturated carbocycles. The second-order valence-corrected chi connectivity index (χ2v) is 5.08. The third-order valence-electron chi connectivity index (χ3n) is 3.38. The Labute approximate surface area is 112 Å². The number of nitrogens with one attached hydrogen (secondary N) is 1. The maximum absolute atomic E-state index is 6.20. The molecular formula is C15H16ClNO. The molecule has 1 N–H and O–H groups in total. The van der Waals surface area contributed by atoms with Gasteiger partial charge in [-0.2, -0.15) is 0 Å². The smallest absolute Gasteiger partial charge is 0.127 e. The van der Waals surface area contributed by atoms with Gasteiger partial charge in [-0.1, -0.05) is 35.9 Å². The van der Waals surface area contributed by atoms with Crippen molar-refractivity contribution in [3.63, 3.8) is 0 Å². The molecule has 0 spiro atoms. The lowest BCUT2D eigenvalue weighted by Crippen LogP contribution is -2.37. The molecule has 0 aliphatic carbocycles. The van der Waals surface area contributed by atoms with Crippen molar-refractivity contribution in [3.8, 4) is 5.75 Å². The number of hydrogen-bond acceptors (Lipinski definition) is 2. The van der Waals surface area contributed by atoms with Gasteiger partial charge < -0.3 is 10.1 Å². The number of rotatable bonds is 2. The molecule has 1 unspecified atom stereocenters. The van der Waals surface area contributed by atoms with Crippen LogP contribution < -0.4 is 10.1 Å². The van der Waals surface area contributed by atoms with E-state index < -0.39 is 0 Å². The van der Waals surface area contributed by atoms with E-state index in [9.17, 15) is 0 Å². The molecule has 0 aromatic heterocycles. The van der Waals surface area contributed by atoms with E-state index in [4.69, 9.17) is 16.3 Å². The van der Waals surface area contributed by atoms with Crippen LogP contribution in [0.25, 0.3) is 10.8 Å². The summed E-state index contributed by atoms with van der Waals surface area (Å²) < 4.78 is 6.10. The van der Waals surface area contributed by atoms with Gasteiger partial charge in [-0.15, -0.1) is 0 Å². The first kappa shape index (κ1) is 11.8. The Kier molecular flexibility index (Phi) is 3.39. The van der Waals surface area contributed by atoms with Gasteiger partial charge in [0.15, 0.2) is 0 Å². The van der Waals surface area contributed by atoms with Gasteiger partial charge in [-0.25, -0.2) is 0 Å². The zero-order valence-electron chi connectivity index (χ0n) is 10.2. The second kappa shape index (κ2) is 5.17. The van der Waals surface area contributed by atoms with Gasteiger partial charge in [0.05, 0.1) is 0 Å². The molecule has 1 aliphatic heterocycles. The Balaban J connectivity index is 1.94. The predicted molar refractivity (Wildman–Crippen MR) is 75.5 cm³/mol. The van der Waals surface area contributed by atoms with Gasteiger partial charge in [0.2, 0.25) is 0 Å². The highest BCUT2D eigenvalue weighted by molar-refractivity contribution is 6.35. The number of hydrogen-bond donors (Lipinski definition) is 1. The lowest BCUT2D eigenvalue weighted by atomic mass is 10.1. The summed E-state index contributed by atoms with van der Waals surface area (Å²) in [4.78, 5) is 0. The van der Waals surface area contributed by atoms with Gasteiger partial charge in [0, 0.05) is 22.3 Å². The van der Waals surface area contributed by atoms with Crippen LogP contribution in [-0.2, 0) is 0 Å². The summed E-state index contributed by atoms with van der Waals surface area (Å²) in [6.45, 7) is 2.03. The number of halogens is 1. The van der Waals surface area contributed by atoms with Crippen LogP contribution in [0.2, 0.25) is 5.02 Å². The SMILES string of the molecule is Clc1ccc(OC2CCCNC2)c2ccccc12. The molecule has 1 saturated heterocycles. The minimum absolute atomic E-state index is 0.267. The highest BCUT2D eigenvalue weighted by Gasteiger charge is 2.15. The zero-order chi connectivity index (χ0) is 12.4. The third-order valence-corrected chi connectivity index (χ3v) is 3.71. The van der Waals surface area contributed by atoms with Crippen molar-refractivity contribution >= 4 is 22.4 Å². The molecule has 2 aromatic rings. The first-order chi connectivity index (χ1) is 8.84. The standard InChI is InChI=1S/C15H16ClNO/c16-14-7-8-15(13-6-2-1-5-12(13)14)18-11-4-3-9-17-10-11/h1-2,5-8,11,17H,3-4,9-10H2. The van der Waals surface area contributed by atoms with Gasteiger partial charge in [-0.3, -0.25) is 0 Å². The van der Waals surface area contributed by atoms with Crippen LogP contribution in [-0.4, -0.2) is 19.2 Å². The highest BCUT2D eigenvalue weighted by atomic mass is 35.5. The Morgan fingerprint density at radius 1 is 1.11 bits per heavy atom. The monoisotopic (exact) mass is 261 g/mol. The fourth-order valence-electron chi connectivity index (χ4n) is 2.44. The molecule has 1 fully saturated rings. The molecule has 1 atom stereocenters. The van der Waals surface area contributed by atoms with Crippen LogP contribution >= 0.6 is 11.6 Å². The number of piperidine rings is 1. The summed E-state index contributed by atoms with van der Waals surface area (Å²) in [5.74, 6) is 0.934. The van der Waals surface area contributed by atoms with E-state index in [-0.39, 0.29) is 6.10 Å².